The van der Waals surface area contributed by atoms with Gasteiger partial charge in [-0.25, -0.2) is 0 Å². The molecule has 2 aromatic rings. The van der Waals surface area contributed by atoms with Crippen LogP contribution in [-0.2, 0) is 7.05 Å². The summed E-state index contributed by atoms with van der Waals surface area (Å²) in [4.78, 5) is 3.88. The molecule has 0 aliphatic carbocycles. The summed E-state index contributed by atoms with van der Waals surface area (Å²) in [6.45, 7) is 0. The van der Waals surface area contributed by atoms with Gasteiger partial charge in [0.25, 0.3) is 0 Å². The summed E-state index contributed by atoms with van der Waals surface area (Å²) in [5, 5.41) is 13.2. The summed E-state index contributed by atoms with van der Waals surface area (Å²) in [6.07, 6.45) is 6.70. The summed E-state index contributed by atoms with van der Waals surface area (Å²) >= 11 is 0. The molecule has 13 heavy (non-hydrogen) atoms. The van der Waals surface area contributed by atoms with Crippen LogP contribution < -0.4 is 0 Å². The topological polar surface area (TPSA) is 50.9 Å². The van der Waals surface area contributed by atoms with Crippen molar-refractivity contribution >= 4 is 0 Å². The standard InChI is InChI=1S/C9H9N3O/c1-12-6-8(4-11-12)7-2-9(13)5-10-3-7/h2-6,13H,1H3. The van der Waals surface area contributed by atoms with Crippen LogP contribution in [0.4, 0.5) is 0 Å². The van der Waals surface area contributed by atoms with Crippen LogP contribution in [0.25, 0.3) is 11.1 Å². The Hall–Kier alpha value is -1.84. The first kappa shape index (κ1) is 7.79. The highest BCUT2D eigenvalue weighted by Crippen LogP contribution is 2.20. The van der Waals surface area contributed by atoms with Gasteiger partial charge < -0.3 is 5.11 Å². The zero-order valence-corrected chi connectivity index (χ0v) is 7.18. The van der Waals surface area contributed by atoms with Gasteiger partial charge in [-0.2, -0.15) is 5.10 Å². The number of hydrogen-bond acceptors (Lipinski definition) is 3. The summed E-state index contributed by atoms with van der Waals surface area (Å²) in [5.41, 5.74) is 1.82. The predicted octanol–water partition coefficient (Wildman–Crippen LogP) is 1.19. The molecule has 4 heteroatoms. The third-order valence-electron chi connectivity index (χ3n) is 1.76. The SMILES string of the molecule is Cn1cc(-c2cncc(O)c2)cn1. The molecule has 0 amide bonds. The maximum absolute atomic E-state index is 9.19. The van der Waals surface area contributed by atoms with E-state index in [4.69, 9.17) is 0 Å². The van der Waals surface area contributed by atoms with E-state index in [0.29, 0.717) is 0 Å². The van der Waals surface area contributed by atoms with Crippen LogP contribution in [0, 0.1) is 0 Å². The Bertz CT molecular complexity index is 422. The average Bonchev–Trinajstić information content (AvgIpc) is 2.52. The summed E-state index contributed by atoms with van der Waals surface area (Å²) < 4.78 is 1.71. The smallest absolute Gasteiger partial charge is 0.134 e. The Morgan fingerprint density at radius 3 is 2.69 bits per heavy atom. The van der Waals surface area contributed by atoms with Crippen molar-refractivity contribution < 1.29 is 5.11 Å². The largest absolute Gasteiger partial charge is 0.506 e. The van der Waals surface area contributed by atoms with Crippen molar-refractivity contribution in [3.8, 4) is 16.9 Å². The van der Waals surface area contributed by atoms with Gasteiger partial charge in [0.1, 0.15) is 5.75 Å². The van der Waals surface area contributed by atoms with E-state index >= 15 is 0 Å². The Balaban J connectivity index is 2.46. The lowest BCUT2D eigenvalue weighted by molar-refractivity contribution is 0.473. The van der Waals surface area contributed by atoms with E-state index in [1.165, 1.54) is 6.20 Å². The Morgan fingerprint density at radius 1 is 1.23 bits per heavy atom. The molecule has 2 aromatic heterocycles. The minimum absolute atomic E-state index is 0.168. The third-order valence-corrected chi connectivity index (χ3v) is 1.76. The number of aryl methyl sites for hydroxylation is 1. The fraction of sp³-hybridized carbons (Fsp3) is 0.111. The molecule has 0 aromatic carbocycles. The molecular weight excluding hydrogens is 166 g/mol. The van der Waals surface area contributed by atoms with E-state index in [-0.39, 0.29) is 5.75 Å². The van der Waals surface area contributed by atoms with E-state index < -0.39 is 0 Å². The van der Waals surface area contributed by atoms with E-state index in [2.05, 4.69) is 10.1 Å². The second kappa shape index (κ2) is 2.90. The van der Waals surface area contributed by atoms with E-state index in [1.54, 1.807) is 23.1 Å². The van der Waals surface area contributed by atoms with Crippen LogP contribution in [0.15, 0.2) is 30.9 Å². The van der Waals surface area contributed by atoms with Gasteiger partial charge in [0.15, 0.2) is 0 Å². The van der Waals surface area contributed by atoms with Crippen molar-refractivity contribution in [1.82, 2.24) is 14.8 Å². The fourth-order valence-electron chi connectivity index (χ4n) is 1.16. The van der Waals surface area contributed by atoms with Gasteiger partial charge in [0.2, 0.25) is 0 Å². The van der Waals surface area contributed by atoms with E-state index in [1.807, 2.05) is 13.2 Å². The first-order valence-corrected chi connectivity index (χ1v) is 3.89. The number of aromatic hydroxyl groups is 1. The fourth-order valence-corrected chi connectivity index (χ4v) is 1.16. The van der Waals surface area contributed by atoms with Gasteiger partial charge in [-0.15, -0.1) is 0 Å². The number of hydrogen-bond donors (Lipinski definition) is 1. The lowest BCUT2D eigenvalue weighted by Gasteiger charge is -1.95. The van der Waals surface area contributed by atoms with Crippen LogP contribution in [0.1, 0.15) is 0 Å². The number of pyridine rings is 1. The first-order valence-electron chi connectivity index (χ1n) is 3.89. The van der Waals surface area contributed by atoms with Crippen LogP contribution in [0.3, 0.4) is 0 Å². The molecule has 0 saturated heterocycles. The highest BCUT2D eigenvalue weighted by molar-refractivity contribution is 5.61. The Kier molecular flexibility index (Phi) is 1.73. The average molecular weight is 175 g/mol. The molecule has 2 heterocycles. The van der Waals surface area contributed by atoms with Crippen molar-refractivity contribution in [2.24, 2.45) is 7.05 Å². The minimum Gasteiger partial charge on any atom is -0.506 e. The van der Waals surface area contributed by atoms with Crippen molar-refractivity contribution in [3.05, 3.63) is 30.9 Å². The first-order chi connectivity index (χ1) is 6.25. The van der Waals surface area contributed by atoms with Crippen molar-refractivity contribution in [1.29, 1.82) is 0 Å². The summed E-state index contributed by atoms with van der Waals surface area (Å²) in [5.74, 6) is 0.168. The maximum Gasteiger partial charge on any atom is 0.134 e. The van der Waals surface area contributed by atoms with Crippen LogP contribution >= 0.6 is 0 Å². The molecule has 0 saturated carbocycles. The Morgan fingerprint density at radius 2 is 2.08 bits per heavy atom. The summed E-state index contributed by atoms with van der Waals surface area (Å²) in [7, 11) is 1.85. The molecule has 2 rings (SSSR count). The van der Waals surface area contributed by atoms with Crippen molar-refractivity contribution in [2.45, 2.75) is 0 Å². The molecule has 0 fully saturated rings. The number of nitrogens with zero attached hydrogens (tertiary/aromatic N) is 3. The third kappa shape index (κ3) is 1.51. The van der Waals surface area contributed by atoms with E-state index in [9.17, 15) is 5.11 Å². The van der Waals surface area contributed by atoms with Crippen LogP contribution in [0.2, 0.25) is 0 Å². The molecule has 0 aliphatic rings. The Labute approximate surface area is 75.5 Å². The van der Waals surface area contributed by atoms with Gasteiger partial charge in [-0.05, 0) is 6.07 Å². The molecule has 0 unspecified atom stereocenters. The van der Waals surface area contributed by atoms with Crippen molar-refractivity contribution in [2.75, 3.05) is 0 Å². The lowest BCUT2D eigenvalue weighted by atomic mass is 10.2. The van der Waals surface area contributed by atoms with Gasteiger partial charge in [-0.1, -0.05) is 0 Å². The molecule has 0 radical (unpaired) electrons. The zero-order valence-electron chi connectivity index (χ0n) is 7.18. The molecule has 0 aliphatic heterocycles. The molecule has 0 spiro atoms. The van der Waals surface area contributed by atoms with Gasteiger partial charge in [-0.3, -0.25) is 9.67 Å². The second-order valence-electron chi connectivity index (χ2n) is 2.83. The molecule has 0 bridgehead atoms. The molecule has 1 N–H and O–H groups in total. The second-order valence-corrected chi connectivity index (χ2v) is 2.83. The van der Waals surface area contributed by atoms with Gasteiger partial charge in [0.05, 0.1) is 12.4 Å². The molecule has 66 valence electrons. The number of aromatic nitrogens is 3. The zero-order chi connectivity index (χ0) is 9.26. The van der Waals surface area contributed by atoms with Crippen molar-refractivity contribution in [3.63, 3.8) is 0 Å². The van der Waals surface area contributed by atoms with Gasteiger partial charge in [0, 0.05) is 30.6 Å². The normalized spacial score (nSPS) is 10.2. The lowest BCUT2D eigenvalue weighted by Crippen LogP contribution is -1.84. The van der Waals surface area contributed by atoms with Crippen LogP contribution in [-0.4, -0.2) is 19.9 Å². The highest BCUT2D eigenvalue weighted by atomic mass is 16.3. The monoisotopic (exact) mass is 175 g/mol. The molecule has 4 nitrogen and oxygen atoms in total. The predicted molar refractivity (Wildman–Crippen MR) is 48.1 cm³/mol. The summed E-state index contributed by atoms with van der Waals surface area (Å²) in [6, 6.07) is 1.66. The molecular formula is C9H9N3O. The van der Waals surface area contributed by atoms with E-state index in [0.717, 1.165) is 11.1 Å². The maximum atomic E-state index is 9.19. The quantitative estimate of drug-likeness (QED) is 0.708. The highest BCUT2D eigenvalue weighted by Gasteiger charge is 2.00. The molecule has 0 atom stereocenters. The number of rotatable bonds is 1. The van der Waals surface area contributed by atoms with Gasteiger partial charge >= 0.3 is 0 Å². The minimum atomic E-state index is 0.168. The van der Waals surface area contributed by atoms with Crippen LogP contribution in [0.5, 0.6) is 5.75 Å².